The molecule has 2 heterocycles. The molecule has 0 radical (unpaired) electrons. The van der Waals surface area contributed by atoms with Crippen LogP contribution in [0.5, 0.6) is 0 Å². The third kappa shape index (κ3) is 3.00. The van der Waals surface area contributed by atoms with Crippen molar-refractivity contribution in [2.75, 3.05) is 13.1 Å². The number of carboxylic acid groups (broad SMARTS) is 1. The lowest BCUT2D eigenvalue weighted by atomic mass is 10.1. The van der Waals surface area contributed by atoms with Gasteiger partial charge in [0.2, 0.25) is 0 Å². The van der Waals surface area contributed by atoms with Gasteiger partial charge in [-0.15, -0.1) is 0 Å². The predicted octanol–water partition coefficient (Wildman–Crippen LogP) is 1.48. The molecule has 6 nitrogen and oxygen atoms in total. The van der Waals surface area contributed by atoms with Crippen molar-refractivity contribution in [3.8, 4) is 0 Å². The fourth-order valence-electron chi connectivity index (χ4n) is 2.67. The van der Waals surface area contributed by atoms with Crippen molar-refractivity contribution < 1.29 is 14.7 Å². The Morgan fingerprint density at radius 1 is 1.27 bits per heavy atom. The Labute approximate surface area is 128 Å². The van der Waals surface area contributed by atoms with E-state index in [0.717, 1.165) is 5.56 Å². The molecular formula is C16H17N3O3. The molecule has 22 heavy (non-hydrogen) atoms. The van der Waals surface area contributed by atoms with Crippen LogP contribution in [0.2, 0.25) is 0 Å². The van der Waals surface area contributed by atoms with Crippen LogP contribution in [0.15, 0.2) is 43.0 Å². The van der Waals surface area contributed by atoms with Crippen molar-refractivity contribution in [1.82, 2.24) is 14.5 Å². The number of carbonyl (C=O) groups excluding carboxylic acids is 1. The van der Waals surface area contributed by atoms with Crippen LogP contribution < -0.4 is 0 Å². The summed E-state index contributed by atoms with van der Waals surface area (Å²) in [7, 11) is 0. The first-order chi connectivity index (χ1) is 10.6. The smallest absolute Gasteiger partial charge is 0.308 e. The molecule has 1 saturated heterocycles. The first-order valence-electron chi connectivity index (χ1n) is 7.20. The maximum Gasteiger partial charge on any atom is 0.308 e. The zero-order chi connectivity index (χ0) is 15.5. The summed E-state index contributed by atoms with van der Waals surface area (Å²) < 4.78 is 1.95. The number of aliphatic carboxylic acids is 1. The van der Waals surface area contributed by atoms with Gasteiger partial charge in [0.25, 0.3) is 5.91 Å². The molecule has 0 saturated carbocycles. The first kappa shape index (κ1) is 14.3. The zero-order valence-corrected chi connectivity index (χ0v) is 12.1. The number of imidazole rings is 1. The number of likely N-dealkylation sites (tertiary alicyclic amines) is 1. The average Bonchev–Trinajstić information content (AvgIpc) is 3.18. The van der Waals surface area contributed by atoms with E-state index in [4.69, 9.17) is 5.11 Å². The average molecular weight is 299 g/mol. The minimum atomic E-state index is -0.828. The highest BCUT2D eigenvalue weighted by atomic mass is 16.4. The summed E-state index contributed by atoms with van der Waals surface area (Å²) in [4.78, 5) is 28.9. The molecule has 1 aliphatic heterocycles. The quantitative estimate of drug-likeness (QED) is 0.928. The van der Waals surface area contributed by atoms with Gasteiger partial charge in [-0.3, -0.25) is 9.59 Å². The van der Waals surface area contributed by atoms with Crippen LogP contribution in [0.3, 0.4) is 0 Å². The lowest BCUT2D eigenvalue weighted by molar-refractivity contribution is -0.141. The standard InChI is InChI=1S/C16H17N3O3/c20-15(19-7-5-14(10-19)16(21)22)13-3-1-12(2-4-13)9-18-8-6-17-11-18/h1-4,6,8,11,14H,5,7,9-10H2,(H,21,22). The fraction of sp³-hybridized carbons (Fsp3) is 0.312. The number of carbonyl (C=O) groups is 2. The van der Waals surface area contributed by atoms with Crippen LogP contribution in [0.4, 0.5) is 0 Å². The predicted molar refractivity (Wildman–Crippen MR) is 79.4 cm³/mol. The number of amides is 1. The summed E-state index contributed by atoms with van der Waals surface area (Å²) in [5, 5.41) is 9.00. The molecule has 1 fully saturated rings. The molecule has 2 aromatic rings. The van der Waals surface area contributed by atoms with Gasteiger partial charge in [0.05, 0.1) is 12.2 Å². The number of hydrogen-bond acceptors (Lipinski definition) is 3. The Morgan fingerprint density at radius 3 is 2.64 bits per heavy atom. The molecule has 1 aromatic heterocycles. The summed E-state index contributed by atoms with van der Waals surface area (Å²) in [6.07, 6.45) is 5.88. The highest BCUT2D eigenvalue weighted by Gasteiger charge is 2.31. The normalized spacial score (nSPS) is 17.6. The van der Waals surface area contributed by atoms with Crippen LogP contribution in [0, 0.1) is 5.92 Å². The Kier molecular flexibility index (Phi) is 3.91. The van der Waals surface area contributed by atoms with E-state index in [2.05, 4.69) is 4.98 Å². The maximum atomic E-state index is 12.4. The first-order valence-corrected chi connectivity index (χ1v) is 7.20. The molecule has 1 unspecified atom stereocenters. The summed E-state index contributed by atoms with van der Waals surface area (Å²) in [5.74, 6) is -1.37. The Morgan fingerprint density at radius 2 is 2.05 bits per heavy atom. The minimum absolute atomic E-state index is 0.0991. The summed E-state index contributed by atoms with van der Waals surface area (Å²) >= 11 is 0. The fourth-order valence-corrected chi connectivity index (χ4v) is 2.67. The topological polar surface area (TPSA) is 75.4 Å². The van der Waals surface area contributed by atoms with Crippen LogP contribution in [-0.2, 0) is 11.3 Å². The van der Waals surface area contributed by atoms with Crippen molar-refractivity contribution in [1.29, 1.82) is 0 Å². The van der Waals surface area contributed by atoms with Crippen molar-refractivity contribution in [2.24, 2.45) is 5.92 Å². The second-order valence-corrected chi connectivity index (χ2v) is 5.51. The molecule has 1 aromatic carbocycles. The van der Waals surface area contributed by atoms with E-state index in [-0.39, 0.29) is 5.91 Å². The summed E-state index contributed by atoms with van der Waals surface area (Å²) in [5.41, 5.74) is 1.68. The van der Waals surface area contributed by atoms with Crippen LogP contribution in [0.1, 0.15) is 22.3 Å². The van der Waals surface area contributed by atoms with Crippen LogP contribution in [0.25, 0.3) is 0 Å². The monoisotopic (exact) mass is 299 g/mol. The minimum Gasteiger partial charge on any atom is -0.481 e. The molecule has 1 N–H and O–H groups in total. The van der Waals surface area contributed by atoms with Crippen molar-refractivity contribution >= 4 is 11.9 Å². The van der Waals surface area contributed by atoms with Gasteiger partial charge in [-0.25, -0.2) is 4.98 Å². The van der Waals surface area contributed by atoms with Crippen molar-refractivity contribution in [2.45, 2.75) is 13.0 Å². The summed E-state index contributed by atoms with van der Waals surface area (Å²) in [6.45, 7) is 1.51. The van der Waals surface area contributed by atoms with Crippen molar-refractivity contribution in [3.63, 3.8) is 0 Å². The molecule has 1 aliphatic rings. The SMILES string of the molecule is O=C(O)C1CCN(C(=O)c2ccc(Cn3ccnc3)cc2)C1. The van der Waals surface area contributed by atoms with E-state index < -0.39 is 11.9 Å². The molecule has 0 bridgehead atoms. The Balaban J connectivity index is 1.65. The van der Waals surface area contributed by atoms with Crippen LogP contribution in [-0.4, -0.2) is 44.5 Å². The Hall–Kier alpha value is -2.63. The molecule has 6 heteroatoms. The third-order valence-electron chi connectivity index (χ3n) is 3.95. The van der Waals surface area contributed by atoms with Gasteiger partial charge in [-0.05, 0) is 24.1 Å². The zero-order valence-electron chi connectivity index (χ0n) is 12.1. The van der Waals surface area contributed by atoms with Gasteiger partial charge >= 0.3 is 5.97 Å². The number of nitrogens with zero attached hydrogens (tertiary/aromatic N) is 3. The molecule has 1 atom stereocenters. The molecule has 114 valence electrons. The second-order valence-electron chi connectivity index (χ2n) is 5.51. The Bertz CT molecular complexity index is 664. The van der Waals surface area contributed by atoms with E-state index in [1.807, 2.05) is 22.9 Å². The van der Waals surface area contributed by atoms with E-state index >= 15 is 0 Å². The molecule has 3 rings (SSSR count). The number of rotatable bonds is 4. The van der Waals surface area contributed by atoms with E-state index in [1.54, 1.807) is 29.6 Å². The van der Waals surface area contributed by atoms with Gasteiger partial charge in [0.1, 0.15) is 0 Å². The van der Waals surface area contributed by atoms with Crippen LogP contribution >= 0.6 is 0 Å². The number of aromatic nitrogens is 2. The van der Waals surface area contributed by atoms with E-state index in [0.29, 0.717) is 31.6 Å². The highest BCUT2D eigenvalue weighted by Crippen LogP contribution is 2.19. The van der Waals surface area contributed by atoms with Gasteiger partial charge in [-0.1, -0.05) is 12.1 Å². The summed E-state index contributed by atoms with van der Waals surface area (Å²) in [6, 6.07) is 7.42. The van der Waals surface area contributed by atoms with E-state index in [9.17, 15) is 9.59 Å². The molecule has 1 amide bonds. The molecule has 0 spiro atoms. The largest absolute Gasteiger partial charge is 0.481 e. The van der Waals surface area contributed by atoms with Gasteiger partial charge in [-0.2, -0.15) is 0 Å². The third-order valence-corrected chi connectivity index (χ3v) is 3.95. The van der Waals surface area contributed by atoms with Gasteiger partial charge < -0.3 is 14.6 Å². The highest BCUT2D eigenvalue weighted by molar-refractivity contribution is 5.94. The second kappa shape index (κ2) is 6.01. The van der Waals surface area contributed by atoms with Gasteiger partial charge in [0, 0.05) is 37.6 Å². The maximum absolute atomic E-state index is 12.4. The number of benzene rings is 1. The molecule has 0 aliphatic carbocycles. The van der Waals surface area contributed by atoms with E-state index in [1.165, 1.54) is 0 Å². The van der Waals surface area contributed by atoms with Crippen molar-refractivity contribution in [3.05, 3.63) is 54.1 Å². The van der Waals surface area contributed by atoms with Gasteiger partial charge in [0.15, 0.2) is 0 Å². The lowest BCUT2D eigenvalue weighted by Crippen LogP contribution is -2.29. The number of carboxylic acids is 1. The lowest BCUT2D eigenvalue weighted by Gasteiger charge is -2.16. The molecular weight excluding hydrogens is 282 g/mol. The number of hydrogen-bond donors (Lipinski definition) is 1.